The Bertz CT molecular complexity index is 901. The Morgan fingerprint density at radius 3 is 1.65 bits per heavy atom. The smallest absolute Gasteiger partial charge is 0.337 e. The van der Waals surface area contributed by atoms with E-state index in [2.05, 4.69) is 0 Å². The van der Waals surface area contributed by atoms with Crippen LogP contribution in [-0.4, -0.2) is 32.0 Å². The number of halogens is 2. The number of aromatic carboxylic acids is 2. The molecule has 2 N–H and O–H groups in total. The zero-order chi connectivity index (χ0) is 20.0. The summed E-state index contributed by atoms with van der Waals surface area (Å²) in [6, 6.07) is 6.45. The van der Waals surface area contributed by atoms with Gasteiger partial charge >= 0.3 is 11.9 Å². The van der Waals surface area contributed by atoms with Gasteiger partial charge in [-0.25, -0.2) is 9.59 Å². The summed E-state index contributed by atoms with van der Waals surface area (Å²) in [6.07, 6.45) is 0. The van der Waals surface area contributed by atoms with Crippen molar-refractivity contribution in [3.8, 4) is 0 Å². The van der Waals surface area contributed by atoms with Crippen LogP contribution in [0.4, 0.5) is 11.4 Å². The number of nitro benzene ring substituents is 2. The van der Waals surface area contributed by atoms with E-state index in [1.807, 2.05) is 0 Å². The van der Waals surface area contributed by atoms with Crippen LogP contribution in [0.5, 0.6) is 0 Å². The second-order valence-electron chi connectivity index (χ2n) is 4.45. The first kappa shape index (κ1) is 20.8. The number of benzene rings is 2. The molecule has 2 aromatic rings. The van der Waals surface area contributed by atoms with Crippen molar-refractivity contribution in [2.45, 2.75) is 0 Å². The van der Waals surface area contributed by atoms with E-state index in [0.717, 1.165) is 30.3 Å². The van der Waals surface area contributed by atoms with Gasteiger partial charge in [-0.15, -0.1) is 0 Å². The number of carbonyl (C=O) groups is 2. The Labute approximate surface area is 154 Å². The highest BCUT2D eigenvalue weighted by Crippen LogP contribution is 2.22. The summed E-state index contributed by atoms with van der Waals surface area (Å²) in [4.78, 5) is 40.1. The fraction of sp³-hybridized carbons (Fsp3) is 0. The van der Waals surface area contributed by atoms with Gasteiger partial charge in [0.15, 0.2) is 0 Å². The molecule has 136 valence electrons. The van der Waals surface area contributed by atoms with Crippen molar-refractivity contribution in [2.24, 2.45) is 0 Å². The summed E-state index contributed by atoms with van der Waals surface area (Å²) in [5.41, 5.74) is -0.931. The van der Waals surface area contributed by atoms with Crippen LogP contribution < -0.4 is 0 Å². The van der Waals surface area contributed by atoms with Crippen LogP contribution in [0.3, 0.4) is 0 Å². The summed E-state index contributed by atoms with van der Waals surface area (Å²) in [5, 5.41) is 37.4. The number of hydrogen-bond donors (Lipinski definition) is 2. The van der Waals surface area contributed by atoms with Gasteiger partial charge in [-0.2, -0.15) is 0 Å². The maximum Gasteiger partial charge on any atom is 0.337 e. The van der Waals surface area contributed by atoms with Crippen molar-refractivity contribution >= 4 is 46.5 Å². The minimum absolute atomic E-state index is 0.0156. The van der Waals surface area contributed by atoms with E-state index in [4.69, 9.17) is 33.4 Å². The fourth-order valence-electron chi connectivity index (χ4n) is 1.58. The Morgan fingerprint density at radius 1 is 0.769 bits per heavy atom. The van der Waals surface area contributed by atoms with Gasteiger partial charge in [-0.05, 0) is 12.1 Å². The van der Waals surface area contributed by atoms with Crippen LogP contribution >= 0.6 is 23.2 Å². The molecule has 0 aliphatic heterocycles. The first-order valence-corrected chi connectivity index (χ1v) is 7.14. The summed E-state index contributed by atoms with van der Waals surface area (Å²) in [6.45, 7) is 0. The highest BCUT2D eigenvalue weighted by molar-refractivity contribution is 6.34. The number of non-ortho nitro benzene ring substituents is 2. The van der Waals surface area contributed by atoms with Gasteiger partial charge in [0.1, 0.15) is 0 Å². The quantitative estimate of drug-likeness (QED) is 0.574. The van der Waals surface area contributed by atoms with Crippen LogP contribution in [0.2, 0.25) is 10.0 Å². The number of hydrogen-bond acceptors (Lipinski definition) is 6. The van der Waals surface area contributed by atoms with Crippen LogP contribution in [0.1, 0.15) is 20.7 Å². The van der Waals surface area contributed by atoms with Gasteiger partial charge in [0.2, 0.25) is 0 Å². The van der Waals surface area contributed by atoms with E-state index in [1.165, 1.54) is 6.07 Å². The van der Waals surface area contributed by atoms with Crippen molar-refractivity contribution in [2.75, 3.05) is 0 Å². The van der Waals surface area contributed by atoms with E-state index in [0.29, 0.717) is 0 Å². The average Bonchev–Trinajstić information content (AvgIpc) is 2.54. The SMILES string of the molecule is O=C(O)c1cc([N+](=O)[O-])ccc1Cl.O=C(O)c1ccc([N+](=O)[O-])cc1Cl. The highest BCUT2D eigenvalue weighted by atomic mass is 35.5. The second kappa shape index (κ2) is 8.74. The molecule has 0 fully saturated rings. The van der Waals surface area contributed by atoms with Gasteiger partial charge in [-0.3, -0.25) is 20.2 Å². The largest absolute Gasteiger partial charge is 0.478 e. The summed E-state index contributed by atoms with van der Waals surface area (Å²) in [7, 11) is 0. The second-order valence-corrected chi connectivity index (χ2v) is 5.27. The predicted octanol–water partition coefficient (Wildman–Crippen LogP) is 3.89. The van der Waals surface area contributed by atoms with E-state index in [-0.39, 0.29) is 32.5 Å². The monoisotopic (exact) mass is 402 g/mol. The van der Waals surface area contributed by atoms with Crippen LogP contribution in [0, 0.1) is 20.2 Å². The Kier molecular flexibility index (Phi) is 6.99. The number of nitrogens with zero attached hydrogens (tertiary/aromatic N) is 2. The first-order valence-electron chi connectivity index (χ1n) is 6.39. The van der Waals surface area contributed by atoms with E-state index < -0.39 is 21.8 Å². The van der Waals surface area contributed by atoms with Crippen LogP contribution in [-0.2, 0) is 0 Å². The van der Waals surface area contributed by atoms with Crippen LogP contribution in [0.15, 0.2) is 36.4 Å². The van der Waals surface area contributed by atoms with Gasteiger partial charge in [-0.1, -0.05) is 23.2 Å². The van der Waals surface area contributed by atoms with Gasteiger partial charge < -0.3 is 10.2 Å². The van der Waals surface area contributed by atoms with Crippen molar-refractivity contribution in [1.29, 1.82) is 0 Å². The normalized spacial score (nSPS) is 9.62. The predicted molar refractivity (Wildman–Crippen MR) is 90.1 cm³/mol. The van der Waals surface area contributed by atoms with E-state index >= 15 is 0 Å². The minimum atomic E-state index is -1.28. The number of nitro groups is 2. The molecular formula is C14H8Cl2N2O8. The van der Waals surface area contributed by atoms with Crippen molar-refractivity contribution in [3.05, 3.63) is 77.8 Å². The first-order chi connectivity index (χ1) is 12.0. The third-order valence-electron chi connectivity index (χ3n) is 2.79. The summed E-state index contributed by atoms with van der Waals surface area (Å²) in [5.74, 6) is -2.49. The van der Waals surface area contributed by atoms with Crippen molar-refractivity contribution < 1.29 is 29.6 Å². The third kappa shape index (κ3) is 5.40. The lowest BCUT2D eigenvalue weighted by Gasteiger charge is -1.97. The standard InChI is InChI=1S/2C7H4ClNO4/c8-6-2-1-4(9(12)13)3-5(6)7(10)11;8-6-3-4(9(12)13)1-2-5(6)7(10)11/h2*1-3H,(H,10,11). The van der Waals surface area contributed by atoms with Gasteiger partial charge in [0, 0.05) is 24.3 Å². The minimum Gasteiger partial charge on any atom is -0.478 e. The number of carboxylic acid groups (broad SMARTS) is 2. The molecule has 0 radical (unpaired) electrons. The molecule has 0 spiro atoms. The Morgan fingerprint density at radius 2 is 1.23 bits per heavy atom. The molecule has 0 heterocycles. The lowest BCUT2D eigenvalue weighted by atomic mass is 10.2. The molecule has 0 bridgehead atoms. The molecule has 0 atom stereocenters. The fourth-order valence-corrected chi connectivity index (χ4v) is 2.04. The Balaban J connectivity index is 0.000000260. The molecule has 0 aliphatic rings. The topological polar surface area (TPSA) is 161 Å². The molecule has 10 nitrogen and oxygen atoms in total. The molecule has 12 heteroatoms. The molecule has 0 unspecified atom stereocenters. The zero-order valence-corrected chi connectivity index (χ0v) is 14.0. The van der Waals surface area contributed by atoms with Crippen molar-refractivity contribution in [1.82, 2.24) is 0 Å². The molecule has 0 aromatic heterocycles. The molecular weight excluding hydrogens is 395 g/mol. The molecule has 0 amide bonds. The van der Waals surface area contributed by atoms with E-state index in [1.54, 1.807) is 0 Å². The lowest BCUT2D eigenvalue weighted by molar-refractivity contribution is -0.385. The maximum atomic E-state index is 10.5. The molecule has 26 heavy (non-hydrogen) atoms. The molecule has 0 saturated carbocycles. The summed E-state index contributed by atoms with van der Waals surface area (Å²) >= 11 is 11.0. The zero-order valence-electron chi connectivity index (χ0n) is 12.5. The molecule has 0 saturated heterocycles. The molecule has 2 rings (SSSR count). The molecule has 0 aliphatic carbocycles. The highest BCUT2D eigenvalue weighted by Gasteiger charge is 2.14. The van der Waals surface area contributed by atoms with Gasteiger partial charge in [0.25, 0.3) is 11.4 Å². The lowest BCUT2D eigenvalue weighted by Crippen LogP contribution is -1.98. The van der Waals surface area contributed by atoms with Crippen LogP contribution in [0.25, 0.3) is 0 Å². The number of rotatable bonds is 4. The average molecular weight is 403 g/mol. The third-order valence-corrected chi connectivity index (χ3v) is 3.43. The maximum absolute atomic E-state index is 10.5. The Hall–Kier alpha value is -3.24. The van der Waals surface area contributed by atoms with Crippen molar-refractivity contribution in [3.63, 3.8) is 0 Å². The molecule has 2 aromatic carbocycles. The van der Waals surface area contributed by atoms with Gasteiger partial charge in [0.05, 0.1) is 31.0 Å². The van der Waals surface area contributed by atoms with E-state index in [9.17, 15) is 29.8 Å². The number of carboxylic acids is 2. The summed E-state index contributed by atoms with van der Waals surface area (Å²) < 4.78 is 0.